The average Bonchev–Trinajstić information content (AvgIpc) is 3.02. The first kappa shape index (κ1) is 24.7. The van der Waals surface area contributed by atoms with Crippen molar-refractivity contribution in [2.24, 2.45) is 10.9 Å². The predicted octanol–water partition coefficient (Wildman–Crippen LogP) is 1.47. The Bertz CT molecular complexity index is 651. The molecule has 0 saturated carbocycles. The quantitative estimate of drug-likeness (QED) is 0.354. The van der Waals surface area contributed by atoms with Crippen molar-refractivity contribution in [3.8, 4) is 0 Å². The molecule has 2 aliphatic heterocycles. The Kier molecular flexibility index (Phi) is 8.94. The van der Waals surface area contributed by atoms with Gasteiger partial charge in [0.2, 0.25) is 5.91 Å². The van der Waals surface area contributed by atoms with Crippen LogP contribution in [0.3, 0.4) is 0 Å². The molecule has 10 nitrogen and oxygen atoms in total. The lowest BCUT2D eigenvalue weighted by atomic mass is 9.96. The second kappa shape index (κ2) is 11.2. The van der Waals surface area contributed by atoms with Crippen molar-refractivity contribution in [2.75, 3.05) is 52.4 Å². The molecule has 2 N–H and O–H groups in total. The zero-order chi connectivity index (χ0) is 23.0. The highest BCUT2D eigenvalue weighted by Crippen LogP contribution is 2.20. The number of hydrogen-bond acceptors (Lipinski definition) is 5. The lowest BCUT2D eigenvalue weighted by Gasteiger charge is -2.36. The molecular weight excluding hydrogens is 400 g/mol. The number of aliphatic imine (C=N–C) groups is 1. The van der Waals surface area contributed by atoms with Crippen molar-refractivity contribution in [2.45, 2.75) is 53.1 Å². The number of ether oxygens (including phenoxy) is 1. The van der Waals surface area contributed by atoms with Crippen molar-refractivity contribution in [1.29, 1.82) is 0 Å². The third-order valence-electron chi connectivity index (χ3n) is 5.28. The number of likely N-dealkylation sites (tertiary alicyclic amines) is 1. The molecule has 0 spiro atoms. The van der Waals surface area contributed by atoms with Crippen LogP contribution in [0.4, 0.5) is 9.59 Å². The van der Waals surface area contributed by atoms with Crippen LogP contribution >= 0.6 is 0 Å². The molecule has 4 amide bonds. The Morgan fingerprint density at radius 3 is 2.45 bits per heavy atom. The number of imide groups is 1. The van der Waals surface area contributed by atoms with Crippen LogP contribution in [0.2, 0.25) is 0 Å². The van der Waals surface area contributed by atoms with E-state index in [1.165, 1.54) is 4.90 Å². The van der Waals surface area contributed by atoms with Gasteiger partial charge in [0, 0.05) is 32.7 Å². The highest BCUT2D eigenvalue weighted by Gasteiger charge is 2.29. The molecule has 0 aliphatic carbocycles. The maximum Gasteiger partial charge on any atom is 0.410 e. The zero-order valence-electron chi connectivity index (χ0n) is 19.6. The monoisotopic (exact) mass is 438 g/mol. The number of piperidine rings is 1. The first-order valence-corrected chi connectivity index (χ1v) is 11.2. The average molecular weight is 439 g/mol. The molecule has 0 aromatic heterocycles. The van der Waals surface area contributed by atoms with E-state index in [9.17, 15) is 14.4 Å². The summed E-state index contributed by atoms with van der Waals surface area (Å²) in [5.74, 6) is 1.00. The topological polar surface area (TPSA) is 107 Å². The SMILES string of the molecule is CCNC(=NCCN1C(=O)CNC1=O)N1CCC(CN(CC)C(=O)OC(C)(C)C)CC1. The van der Waals surface area contributed by atoms with E-state index in [2.05, 4.69) is 20.5 Å². The van der Waals surface area contributed by atoms with Gasteiger partial charge in [0.05, 0.1) is 19.6 Å². The summed E-state index contributed by atoms with van der Waals surface area (Å²) in [6, 6.07) is -0.350. The second-order valence-corrected chi connectivity index (χ2v) is 8.89. The van der Waals surface area contributed by atoms with Crippen molar-refractivity contribution in [1.82, 2.24) is 25.3 Å². The van der Waals surface area contributed by atoms with Crippen LogP contribution in [0, 0.1) is 5.92 Å². The molecule has 2 aliphatic rings. The number of hydrogen-bond donors (Lipinski definition) is 2. The molecular formula is C21H38N6O4. The zero-order valence-corrected chi connectivity index (χ0v) is 19.6. The maximum atomic E-state index is 12.4. The van der Waals surface area contributed by atoms with Gasteiger partial charge in [0.25, 0.3) is 0 Å². The van der Waals surface area contributed by atoms with E-state index in [0.29, 0.717) is 25.6 Å². The van der Waals surface area contributed by atoms with Gasteiger partial charge in [0.1, 0.15) is 5.60 Å². The van der Waals surface area contributed by atoms with Gasteiger partial charge in [-0.3, -0.25) is 14.7 Å². The van der Waals surface area contributed by atoms with Gasteiger partial charge in [-0.15, -0.1) is 0 Å². The Morgan fingerprint density at radius 1 is 1.26 bits per heavy atom. The van der Waals surface area contributed by atoms with Crippen LogP contribution in [0.1, 0.15) is 47.5 Å². The molecule has 2 heterocycles. The predicted molar refractivity (Wildman–Crippen MR) is 119 cm³/mol. The molecule has 31 heavy (non-hydrogen) atoms. The van der Waals surface area contributed by atoms with Gasteiger partial charge < -0.3 is 25.2 Å². The first-order valence-electron chi connectivity index (χ1n) is 11.2. The van der Waals surface area contributed by atoms with Crippen LogP contribution in [-0.4, -0.2) is 96.6 Å². The molecule has 0 radical (unpaired) electrons. The molecule has 10 heteroatoms. The fraction of sp³-hybridized carbons (Fsp3) is 0.810. The molecule has 0 atom stereocenters. The minimum absolute atomic E-state index is 0.0637. The molecule has 2 rings (SSSR count). The third-order valence-corrected chi connectivity index (χ3v) is 5.28. The number of carbonyl (C=O) groups excluding carboxylic acids is 3. The van der Waals surface area contributed by atoms with Crippen LogP contribution in [-0.2, 0) is 9.53 Å². The molecule has 0 aromatic carbocycles. The van der Waals surface area contributed by atoms with E-state index in [0.717, 1.165) is 38.4 Å². The number of rotatable bonds is 7. The third kappa shape index (κ3) is 7.59. The standard InChI is InChI=1S/C21H38N6O4/c1-6-22-18(23-10-13-27-17(28)14-24-19(27)29)26-11-8-16(9-12-26)15-25(7-2)20(30)31-21(3,4)5/h16H,6-15H2,1-5H3,(H,22,23)(H,24,29). The highest BCUT2D eigenvalue weighted by molar-refractivity contribution is 6.01. The van der Waals surface area contributed by atoms with Crippen LogP contribution in [0.25, 0.3) is 0 Å². The van der Waals surface area contributed by atoms with Gasteiger partial charge >= 0.3 is 12.1 Å². The summed E-state index contributed by atoms with van der Waals surface area (Å²) in [5.41, 5.74) is -0.495. The van der Waals surface area contributed by atoms with E-state index in [4.69, 9.17) is 4.74 Å². The number of nitrogens with zero attached hydrogens (tertiary/aromatic N) is 4. The van der Waals surface area contributed by atoms with Crippen LogP contribution in [0.5, 0.6) is 0 Å². The number of nitrogens with one attached hydrogen (secondary N) is 2. The van der Waals surface area contributed by atoms with Gasteiger partial charge in [-0.05, 0) is 53.4 Å². The Morgan fingerprint density at radius 2 is 1.94 bits per heavy atom. The fourth-order valence-electron chi connectivity index (χ4n) is 3.66. The minimum Gasteiger partial charge on any atom is -0.444 e. The summed E-state index contributed by atoms with van der Waals surface area (Å²) in [7, 11) is 0. The maximum absolute atomic E-state index is 12.4. The van der Waals surface area contributed by atoms with Crippen LogP contribution < -0.4 is 10.6 Å². The van der Waals surface area contributed by atoms with Crippen LogP contribution in [0.15, 0.2) is 4.99 Å². The lowest BCUT2D eigenvalue weighted by molar-refractivity contribution is -0.124. The summed E-state index contributed by atoms with van der Waals surface area (Å²) in [5, 5.41) is 5.82. The molecule has 2 saturated heterocycles. The molecule has 0 unspecified atom stereocenters. The summed E-state index contributed by atoms with van der Waals surface area (Å²) in [4.78, 5) is 45.5. The smallest absolute Gasteiger partial charge is 0.410 e. The highest BCUT2D eigenvalue weighted by atomic mass is 16.6. The van der Waals surface area contributed by atoms with Crippen molar-refractivity contribution >= 4 is 24.0 Å². The minimum atomic E-state index is -0.495. The number of carbonyl (C=O) groups is 3. The Balaban J connectivity index is 1.85. The molecule has 0 bridgehead atoms. The lowest BCUT2D eigenvalue weighted by Crippen LogP contribution is -2.48. The van der Waals surface area contributed by atoms with Gasteiger partial charge in [-0.2, -0.15) is 0 Å². The summed E-state index contributed by atoms with van der Waals surface area (Å²) in [6.07, 6.45) is 1.65. The summed E-state index contributed by atoms with van der Waals surface area (Å²) in [6.45, 7) is 14.1. The first-order chi connectivity index (χ1) is 14.6. The number of guanidine groups is 1. The fourth-order valence-corrected chi connectivity index (χ4v) is 3.66. The van der Waals surface area contributed by atoms with Crippen molar-refractivity contribution < 1.29 is 19.1 Å². The van der Waals surface area contributed by atoms with E-state index in [1.54, 1.807) is 4.90 Å². The van der Waals surface area contributed by atoms with Gasteiger partial charge in [0.15, 0.2) is 5.96 Å². The largest absolute Gasteiger partial charge is 0.444 e. The van der Waals surface area contributed by atoms with E-state index < -0.39 is 5.60 Å². The van der Waals surface area contributed by atoms with Crippen molar-refractivity contribution in [3.63, 3.8) is 0 Å². The van der Waals surface area contributed by atoms with Gasteiger partial charge in [-0.25, -0.2) is 9.59 Å². The normalized spacial score (nSPS) is 18.3. The van der Waals surface area contributed by atoms with E-state index in [1.807, 2.05) is 34.6 Å². The summed E-state index contributed by atoms with van der Waals surface area (Å²) < 4.78 is 5.52. The Labute approximate surface area is 185 Å². The summed E-state index contributed by atoms with van der Waals surface area (Å²) >= 11 is 0. The number of amides is 4. The van der Waals surface area contributed by atoms with Gasteiger partial charge in [-0.1, -0.05) is 0 Å². The molecule has 2 fully saturated rings. The Hall–Kier alpha value is -2.52. The molecule has 176 valence electrons. The number of urea groups is 1. The second-order valence-electron chi connectivity index (χ2n) is 8.89. The molecule has 0 aromatic rings. The van der Waals surface area contributed by atoms with E-state index in [-0.39, 0.29) is 31.1 Å². The van der Waals surface area contributed by atoms with Crippen molar-refractivity contribution in [3.05, 3.63) is 0 Å². The van der Waals surface area contributed by atoms with E-state index >= 15 is 0 Å².